The first-order valence-electron chi connectivity index (χ1n) is 8.15. The second kappa shape index (κ2) is 5.29. The zero-order valence-electron chi connectivity index (χ0n) is 13.6. The maximum Gasteiger partial charge on any atom is 0.126 e. The maximum absolute atomic E-state index is 11.0. The summed E-state index contributed by atoms with van der Waals surface area (Å²) in [6.07, 6.45) is 1.97. The van der Waals surface area contributed by atoms with Crippen LogP contribution in [0.25, 0.3) is 0 Å². The Labute approximate surface area is 127 Å². The van der Waals surface area contributed by atoms with Gasteiger partial charge in [-0.25, -0.2) is 0 Å². The first kappa shape index (κ1) is 14.9. The van der Waals surface area contributed by atoms with E-state index in [-0.39, 0.29) is 11.6 Å². The van der Waals surface area contributed by atoms with Crippen LogP contribution >= 0.6 is 0 Å². The van der Waals surface area contributed by atoms with Gasteiger partial charge >= 0.3 is 0 Å². The molecular weight excluding hydrogens is 262 g/mol. The molecule has 1 aromatic carbocycles. The van der Waals surface area contributed by atoms with Gasteiger partial charge in [-0.15, -0.1) is 0 Å². The maximum atomic E-state index is 11.0. The summed E-state index contributed by atoms with van der Waals surface area (Å²) in [7, 11) is 0. The van der Waals surface area contributed by atoms with Crippen molar-refractivity contribution in [1.82, 2.24) is 4.90 Å². The molecule has 2 heterocycles. The Bertz CT molecular complexity index is 518. The standard InChI is InChI=1S/C18H27NO2/c1-12(2)13-7-8-15-14(11-13)16(20)17(18(3,4)21-15)19-9-5-6-10-19/h7-8,11-12,16-17,20H,5-6,9-10H2,1-4H3. The van der Waals surface area contributed by atoms with Crippen LogP contribution in [0.15, 0.2) is 18.2 Å². The third-order valence-corrected chi connectivity index (χ3v) is 4.94. The van der Waals surface area contributed by atoms with Crippen LogP contribution < -0.4 is 4.74 Å². The molecule has 1 fully saturated rings. The van der Waals surface area contributed by atoms with Crippen molar-refractivity contribution >= 4 is 0 Å². The normalized spacial score (nSPS) is 28.5. The van der Waals surface area contributed by atoms with Gasteiger partial charge in [-0.05, 0) is 63.4 Å². The van der Waals surface area contributed by atoms with E-state index in [2.05, 4.69) is 44.7 Å². The van der Waals surface area contributed by atoms with Crippen LogP contribution in [-0.4, -0.2) is 34.7 Å². The van der Waals surface area contributed by atoms with E-state index in [0.717, 1.165) is 24.4 Å². The Morgan fingerprint density at radius 3 is 2.52 bits per heavy atom. The lowest BCUT2D eigenvalue weighted by Gasteiger charge is -2.47. The van der Waals surface area contributed by atoms with Gasteiger partial charge in [-0.3, -0.25) is 4.90 Å². The van der Waals surface area contributed by atoms with Crippen molar-refractivity contribution in [2.45, 2.75) is 64.2 Å². The number of rotatable bonds is 2. The molecule has 0 amide bonds. The van der Waals surface area contributed by atoms with Gasteiger partial charge in [0.1, 0.15) is 17.5 Å². The molecule has 1 aromatic rings. The predicted octanol–water partition coefficient (Wildman–Crippen LogP) is 3.48. The van der Waals surface area contributed by atoms with Gasteiger partial charge in [0.25, 0.3) is 0 Å². The number of likely N-dealkylation sites (tertiary alicyclic amines) is 1. The van der Waals surface area contributed by atoms with Crippen LogP contribution in [0.4, 0.5) is 0 Å². The minimum Gasteiger partial charge on any atom is -0.486 e. The number of hydrogen-bond acceptors (Lipinski definition) is 3. The molecule has 2 aliphatic rings. The van der Waals surface area contributed by atoms with Gasteiger partial charge in [-0.1, -0.05) is 19.9 Å². The van der Waals surface area contributed by atoms with Crippen molar-refractivity contribution in [1.29, 1.82) is 0 Å². The highest BCUT2D eigenvalue weighted by molar-refractivity contribution is 5.43. The second-order valence-corrected chi connectivity index (χ2v) is 7.29. The fourth-order valence-corrected chi connectivity index (χ4v) is 3.80. The van der Waals surface area contributed by atoms with Gasteiger partial charge in [0, 0.05) is 5.56 Å². The molecule has 3 rings (SSSR count). The summed E-state index contributed by atoms with van der Waals surface area (Å²) in [5, 5.41) is 11.0. The van der Waals surface area contributed by atoms with Gasteiger partial charge < -0.3 is 9.84 Å². The fraction of sp³-hybridized carbons (Fsp3) is 0.667. The second-order valence-electron chi connectivity index (χ2n) is 7.29. The van der Waals surface area contributed by atoms with Crippen LogP contribution in [0.5, 0.6) is 5.75 Å². The summed E-state index contributed by atoms with van der Waals surface area (Å²) in [5.74, 6) is 1.30. The lowest BCUT2D eigenvalue weighted by Crippen LogP contribution is -2.57. The summed E-state index contributed by atoms with van der Waals surface area (Å²) in [6, 6.07) is 6.30. The smallest absolute Gasteiger partial charge is 0.126 e. The molecule has 0 aliphatic carbocycles. The molecule has 3 heteroatoms. The average molecular weight is 289 g/mol. The molecule has 3 nitrogen and oxygen atoms in total. The van der Waals surface area contributed by atoms with Gasteiger partial charge in [0.15, 0.2) is 0 Å². The number of hydrogen-bond donors (Lipinski definition) is 1. The SMILES string of the molecule is CC(C)c1ccc2c(c1)C(O)C(N1CCCC1)C(C)(C)O2. The Hall–Kier alpha value is -1.06. The van der Waals surface area contributed by atoms with E-state index in [9.17, 15) is 5.11 Å². The van der Waals surface area contributed by atoms with Crippen LogP contribution in [0.3, 0.4) is 0 Å². The van der Waals surface area contributed by atoms with E-state index in [0.29, 0.717) is 5.92 Å². The quantitative estimate of drug-likeness (QED) is 0.905. The molecule has 2 aliphatic heterocycles. The first-order chi connectivity index (χ1) is 9.90. The van der Waals surface area contributed by atoms with Crippen molar-refractivity contribution in [2.24, 2.45) is 0 Å². The van der Waals surface area contributed by atoms with Crippen molar-refractivity contribution in [3.63, 3.8) is 0 Å². The highest BCUT2D eigenvalue weighted by Crippen LogP contribution is 2.43. The third-order valence-electron chi connectivity index (χ3n) is 4.94. The van der Waals surface area contributed by atoms with Gasteiger partial charge in [0.05, 0.1) is 6.04 Å². The lowest BCUT2D eigenvalue weighted by atomic mass is 9.84. The highest BCUT2D eigenvalue weighted by atomic mass is 16.5. The van der Waals surface area contributed by atoms with Crippen molar-refractivity contribution < 1.29 is 9.84 Å². The molecule has 1 N–H and O–H groups in total. The lowest BCUT2D eigenvalue weighted by molar-refractivity contribution is -0.0758. The Kier molecular flexibility index (Phi) is 3.74. The van der Waals surface area contributed by atoms with Gasteiger partial charge in [0.2, 0.25) is 0 Å². The van der Waals surface area contributed by atoms with E-state index < -0.39 is 6.10 Å². The van der Waals surface area contributed by atoms with Crippen LogP contribution in [0.1, 0.15) is 63.7 Å². The van der Waals surface area contributed by atoms with E-state index in [4.69, 9.17) is 4.74 Å². The van der Waals surface area contributed by atoms with E-state index >= 15 is 0 Å². The molecule has 21 heavy (non-hydrogen) atoms. The molecule has 2 unspecified atom stereocenters. The monoisotopic (exact) mass is 289 g/mol. The largest absolute Gasteiger partial charge is 0.486 e. The zero-order valence-corrected chi connectivity index (χ0v) is 13.6. The van der Waals surface area contributed by atoms with E-state index in [1.165, 1.54) is 18.4 Å². The van der Waals surface area contributed by atoms with Crippen LogP contribution in [0.2, 0.25) is 0 Å². The number of ether oxygens (including phenoxy) is 1. The Morgan fingerprint density at radius 1 is 1.24 bits per heavy atom. The summed E-state index contributed by atoms with van der Waals surface area (Å²) in [4.78, 5) is 2.40. The zero-order chi connectivity index (χ0) is 15.2. The summed E-state index contributed by atoms with van der Waals surface area (Å²) < 4.78 is 6.25. The molecule has 116 valence electrons. The molecule has 2 atom stereocenters. The van der Waals surface area contributed by atoms with E-state index in [1.807, 2.05) is 6.07 Å². The van der Waals surface area contributed by atoms with Crippen LogP contribution in [0, 0.1) is 0 Å². The highest BCUT2D eigenvalue weighted by Gasteiger charge is 2.46. The van der Waals surface area contributed by atoms with Crippen LogP contribution in [-0.2, 0) is 0 Å². The summed E-state index contributed by atoms with van der Waals surface area (Å²) in [6.45, 7) is 10.7. The summed E-state index contributed by atoms with van der Waals surface area (Å²) in [5.41, 5.74) is 1.85. The minimum absolute atomic E-state index is 0.0370. The molecule has 0 bridgehead atoms. The first-order valence-corrected chi connectivity index (χ1v) is 8.15. The van der Waals surface area contributed by atoms with Crippen molar-refractivity contribution in [3.8, 4) is 5.75 Å². The Morgan fingerprint density at radius 2 is 1.90 bits per heavy atom. The van der Waals surface area contributed by atoms with E-state index in [1.54, 1.807) is 0 Å². The Balaban J connectivity index is 2.00. The van der Waals surface area contributed by atoms with Crippen molar-refractivity contribution in [2.75, 3.05) is 13.1 Å². The fourth-order valence-electron chi connectivity index (χ4n) is 3.80. The molecule has 0 saturated carbocycles. The predicted molar refractivity (Wildman–Crippen MR) is 84.8 cm³/mol. The minimum atomic E-state index is -0.472. The van der Waals surface area contributed by atoms with Crippen molar-refractivity contribution in [3.05, 3.63) is 29.3 Å². The molecular formula is C18H27NO2. The number of fused-ring (bicyclic) bond motifs is 1. The third kappa shape index (κ3) is 2.58. The number of nitrogens with zero attached hydrogens (tertiary/aromatic N) is 1. The number of aliphatic hydroxyl groups is 1. The topological polar surface area (TPSA) is 32.7 Å². The summed E-state index contributed by atoms with van der Waals surface area (Å²) >= 11 is 0. The molecule has 1 saturated heterocycles. The van der Waals surface area contributed by atoms with Gasteiger partial charge in [-0.2, -0.15) is 0 Å². The molecule has 0 aromatic heterocycles. The average Bonchev–Trinajstić information content (AvgIpc) is 2.90. The molecule has 0 spiro atoms. The molecule has 0 radical (unpaired) electrons. The number of benzene rings is 1. The number of aliphatic hydroxyl groups excluding tert-OH is 1.